The van der Waals surface area contributed by atoms with Crippen molar-refractivity contribution in [3.63, 3.8) is 0 Å². The lowest BCUT2D eigenvalue weighted by atomic mass is 10.2. The van der Waals surface area contributed by atoms with E-state index in [4.69, 9.17) is 5.11 Å². The van der Waals surface area contributed by atoms with Gasteiger partial charge in [-0.25, -0.2) is 4.98 Å². The van der Waals surface area contributed by atoms with E-state index in [9.17, 15) is 0 Å². The molecule has 0 amide bonds. The zero-order valence-corrected chi connectivity index (χ0v) is 9.27. The summed E-state index contributed by atoms with van der Waals surface area (Å²) < 4.78 is 0. The summed E-state index contributed by atoms with van der Waals surface area (Å²) >= 11 is 1.72. The van der Waals surface area contributed by atoms with Gasteiger partial charge >= 0.3 is 0 Å². The van der Waals surface area contributed by atoms with E-state index in [-0.39, 0.29) is 6.10 Å². The van der Waals surface area contributed by atoms with Crippen molar-refractivity contribution in [3.05, 3.63) is 16.1 Å². The zero-order valence-electron chi connectivity index (χ0n) is 8.45. The molecule has 2 nitrogen and oxygen atoms in total. The molecule has 1 N–H and O–H groups in total. The maximum absolute atomic E-state index is 9.11. The van der Waals surface area contributed by atoms with E-state index in [0.717, 1.165) is 18.5 Å². The first-order chi connectivity index (χ1) is 6.09. The highest BCUT2D eigenvalue weighted by Gasteiger charge is 2.06. The van der Waals surface area contributed by atoms with E-state index in [0.29, 0.717) is 5.92 Å². The Bertz CT molecular complexity index is 255. The monoisotopic (exact) mass is 199 g/mol. The van der Waals surface area contributed by atoms with E-state index >= 15 is 0 Å². The lowest BCUT2D eigenvalue weighted by Crippen LogP contribution is -2.01. The Morgan fingerprint density at radius 3 is 2.62 bits per heavy atom. The molecule has 0 spiro atoms. The third-order valence-electron chi connectivity index (χ3n) is 1.88. The fraction of sp³-hybridized carbons (Fsp3) is 0.700. The topological polar surface area (TPSA) is 33.1 Å². The third kappa shape index (κ3) is 3.44. The zero-order chi connectivity index (χ0) is 9.84. The molecule has 0 fully saturated rings. The molecule has 1 heterocycles. The molecule has 1 aromatic heterocycles. The Balaban J connectivity index is 2.49. The van der Waals surface area contributed by atoms with Gasteiger partial charge in [0.05, 0.1) is 16.8 Å². The van der Waals surface area contributed by atoms with Gasteiger partial charge < -0.3 is 5.11 Å². The standard InChI is InChI=1S/C10H17NOS/c1-7(2)10-11-9(6-13-10)5-4-8(3)12/h6-8,12H,4-5H2,1-3H3. The van der Waals surface area contributed by atoms with Crippen LogP contribution < -0.4 is 0 Å². The van der Waals surface area contributed by atoms with Crippen LogP contribution in [-0.4, -0.2) is 16.2 Å². The number of hydrogen-bond acceptors (Lipinski definition) is 3. The van der Waals surface area contributed by atoms with Gasteiger partial charge in [-0.3, -0.25) is 0 Å². The number of aryl methyl sites for hydroxylation is 1. The van der Waals surface area contributed by atoms with Crippen molar-refractivity contribution >= 4 is 11.3 Å². The highest BCUT2D eigenvalue weighted by Crippen LogP contribution is 2.19. The predicted molar refractivity (Wildman–Crippen MR) is 56.2 cm³/mol. The van der Waals surface area contributed by atoms with Crippen molar-refractivity contribution in [1.29, 1.82) is 0 Å². The summed E-state index contributed by atoms with van der Waals surface area (Å²) in [6, 6.07) is 0. The number of rotatable bonds is 4. The van der Waals surface area contributed by atoms with E-state index in [1.807, 2.05) is 6.92 Å². The smallest absolute Gasteiger partial charge is 0.0953 e. The van der Waals surface area contributed by atoms with Gasteiger partial charge in [0.1, 0.15) is 0 Å². The van der Waals surface area contributed by atoms with Crippen molar-refractivity contribution in [2.45, 2.75) is 45.6 Å². The van der Waals surface area contributed by atoms with Crippen molar-refractivity contribution in [2.24, 2.45) is 0 Å². The normalized spacial score (nSPS) is 13.6. The average molecular weight is 199 g/mol. The molecule has 1 rings (SSSR count). The SMILES string of the molecule is CC(O)CCc1csc(C(C)C)n1. The Morgan fingerprint density at radius 2 is 2.15 bits per heavy atom. The fourth-order valence-electron chi connectivity index (χ4n) is 1.06. The van der Waals surface area contributed by atoms with Crippen LogP contribution in [0.4, 0.5) is 0 Å². The Hall–Kier alpha value is -0.410. The molecule has 0 saturated carbocycles. The van der Waals surface area contributed by atoms with E-state index < -0.39 is 0 Å². The Labute approximate surface area is 83.6 Å². The molecule has 0 aliphatic rings. The van der Waals surface area contributed by atoms with Crippen molar-refractivity contribution < 1.29 is 5.11 Å². The largest absolute Gasteiger partial charge is 0.393 e. The molecule has 0 aliphatic heterocycles. The molecule has 0 saturated heterocycles. The maximum atomic E-state index is 9.11. The van der Waals surface area contributed by atoms with Gasteiger partial charge in [-0.1, -0.05) is 13.8 Å². The third-order valence-corrected chi connectivity index (χ3v) is 3.08. The second-order valence-corrected chi connectivity index (χ2v) is 4.61. The highest BCUT2D eigenvalue weighted by molar-refractivity contribution is 7.09. The minimum atomic E-state index is -0.218. The Morgan fingerprint density at radius 1 is 1.46 bits per heavy atom. The van der Waals surface area contributed by atoms with Gasteiger partial charge in [-0.05, 0) is 19.8 Å². The highest BCUT2D eigenvalue weighted by atomic mass is 32.1. The van der Waals surface area contributed by atoms with Crippen molar-refractivity contribution in [2.75, 3.05) is 0 Å². The van der Waals surface area contributed by atoms with Gasteiger partial charge in [0.25, 0.3) is 0 Å². The Kier molecular flexibility index (Phi) is 3.88. The molecular formula is C10H17NOS. The molecule has 13 heavy (non-hydrogen) atoms. The van der Waals surface area contributed by atoms with E-state index in [2.05, 4.69) is 24.2 Å². The van der Waals surface area contributed by atoms with Crippen LogP contribution in [0.2, 0.25) is 0 Å². The first kappa shape index (κ1) is 10.7. The first-order valence-corrected chi connectivity index (χ1v) is 5.60. The second kappa shape index (κ2) is 4.72. The molecule has 1 atom stereocenters. The molecule has 0 aromatic carbocycles. The van der Waals surface area contributed by atoms with Crippen LogP contribution in [0.15, 0.2) is 5.38 Å². The number of thiazole rings is 1. The number of hydrogen-bond donors (Lipinski definition) is 1. The summed E-state index contributed by atoms with van der Waals surface area (Å²) in [6.45, 7) is 6.12. The summed E-state index contributed by atoms with van der Waals surface area (Å²) in [5.74, 6) is 0.519. The summed E-state index contributed by atoms with van der Waals surface area (Å²) in [5, 5.41) is 12.4. The first-order valence-electron chi connectivity index (χ1n) is 4.72. The second-order valence-electron chi connectivity index (χ2n) is 3.72. The van der Waals surface area contributed by atoms with Crippen LogP contribution in [0.3, 0.4) is 0 Å². The van der Waals surface area contributed by atoms with Crippen molar-refractivity contribution in [1.82, 2.24) is 4.98 Å². The fourth-order valence-corrected chi connectivity index (χ4v) is 1.93. The van der Waals surface area contributed by atoms with Gasteiger partial charge in [0.15, 0.2) is 0 Å². The van der Waals surface area contributed by atoms with Crippen LogP contribution >= 0.6 is 11.3 Å². The van der Waals surface area contributed by atoms with Gasteiger partial charge in [-0.15, -0.1) is 11.3 Å². The summed E-state index contributed by atoms with van der Waals surface area (Å²) in [6.07, 6.45) is 1.48. The van der Waals surface area contributed by atoms with Crippen molar-refractivity contribution in [3.8, 4) is 0 Å². The number of nitrogens with zero attached hydrogens (tertiary/aromatic N) is 1. The number of aliphatic hydroxyl groups is 1. The van der Waals surface area contributed by atoms with E-state index in [1.165, 1.54) is 5.01 Å². The number of aromatic nitrogens is 1. The minimum absolute atomic E-state index is 0.218. The lowest BCUT2D eigenvalue weighted by Gasteiger charge is -2.00. The van der Waals surface area contributed by atoms with Gasteiger partial charge in [0.2, 0.25) is 0 Å². The van der Waals surface area contributed by atoms with Crippen LogP contribution in [0.1, 0.15) is 43.8 Å². The van der Waals surface area contributed by atoms with Crippen LogP contribution in [0, 0.1) is 0 Å². The van der Waals surface area contributed by atoms with Crippen LogP contribution in [0.5, 0.6) is 0 Å². The number of aliphatic hydroxyl groups excluding tert-OH is 1. The van der Waals surface area contributed by atoms with Gasteiger partial charge in [-0.2, -0.15) is 0 Å². The summed E-state index contributed by atoms with van der Waals surface area (Å²) in [4.78, 5) is 4.49. The molecule has 1 unspecified atom stereocenters. The van der Waals surface area contributed by atoms with E-state index in [1.54, 1.807) is 11.3 Å². The summed E-state index contributed by atoms with van der Waals surface area (Å²) in [7, 11) is 0. The predicted octanol–water partition coefficient (Wildman–Crippen LogP) is 2.58. The van der Waals surface area contributed by atoms with Gasteiger partial charge in [0, 0.05) is 11.3 Å². The van der Waals surface area contributed by atoms with Crippen LogP contribution in [0.25, 0.3) is 0 Å². The maximum Gasteiger partial charge on any atom is 0.0953 e. The molecule has 1 aromatic rings. The van der Waals surface area contributed by atoms with Crippen LogP contribution in [-0.2, 0) is 6.42 Å². The molecule has 0 aliphatic carbocycles. The summed E-state index contributed by atoms with van der Waals surface area (Å²) in [5.41, 5.74) is 1.12. The molecule has 74 valence electrons. The lowest BCUT2D eigenvalue weighted by molar-refractivity contribution is 0.184. The molecule has 3 heteroatoms. The quantitative estimate of drug-likeness (QED) is 0.808. The minimum Gasteiger partial charge on any atom is -0.393 e. The molecule has 0 bridgehead atoms. The molecular weight excluding hydrogens is 182 g/mol. The average Bonchev–Trinajstić information content (AvgIpc) is 2.48. The molecule has 0 radical (unpaired) electrons.